The highest BCUT2D eigenvalue weighted by molar-refractivity contribution is 5.66. The summed E-state index contributed by atoms with van der Waals surface area (Å²) >= 11 is 0. The lowest BCUT2D eigenvalue weighted by atomic mass is 9.85. The van der Waals surface area contributed by atoms with Crippen LogP contribution in [0.5, 0.6) is 0 Å². The topological polar surface area (TPSA) is 9.23 Å². The molecule has 0 amide bonds. The fraction of sp³-hybridized carbons (Fsp3) is 0.0370. The minimum Gasteiger partial charge on any atom is -0.343 e. The van der Waals surface area contributed by atoms with Crippen molar-refractivity contribution in [3.05, 3.63) is 276 Å². The maximum Gasteiger partial charge on any atom is 0.132 e. The van der Waals surface area contributed by atoms with Gasteiger partial charge in [-0.3, -0.25) is 0 Å². The van der Waals surface area contributed by atoms with Crippen molar-refractivity contribution < 1.29 is 4.74 Å². The SMILES string of the molecule is C=C(C=Cc1ccccc1)C(C=Cc1ccccc1)(C=Cc1ccccc1)OC(C=Cc1ccccc1)(C=Cc1ccccc1)C(=C)C=Cc1ccccc1. The number of hydrogen-bond donors (Lipinski definition) is 0. The molecule has 0 aromatic heterocycles. The summed E-state index contributed by atoms with van der Waals surface area (Å²) in [6, 6.07) is 61.6. The van der Waals surface area contributed by atoms with E-state index in [2.05, 4.69) is 146 Å². The molecular formula is C54H46O. The van der Waals surface area contributed by atoms with Crippen LogP contribution in [-0.4, -0.2) is 11.2 Å². The monoisotopic (exact) mass is 710 g/mol. The third-order valence-corrected chi connectivity index (χ3v) is 9.19. The standard InChI is InChI=1S/C54H46O/c1-45(33-35-47-21-9-3-10-22-47)53(41-37-49-25-13-5-14-26-49,42-38-50-27-15-6-16-28-50)55-54(43-39-51-29-17-7-18-30-51,44-40-52-31-19-8-20-32-52)46(2)34-36-48-23-11-4-12-24-48/h3-44H,1-2H2. The van der Waals surface area contributed by atoms with Crippen LogP contribution in [-0.2, 0) is 4.74 Å². The molecule has 0 spiro atoms. The average molecular weight is 711 g/mol. The largest absolute Gasteiger partial charge is 0.343 e. The van der Waals surface area contributed by atoms with Gasteiger partial charge in [0, 0.05) is 0 Å². The van der Waals surface area contributed by atoms with Crippen molar-refractivity contribution >= 4 is 36.5 Å². The molecule has 0 saturated carbocycles. The van der Waals surface area contributed by atoms with E-state index in [-0.39, 0.29) is 0 Å². The van der Waals surface area contributed by atoms with Gasteiger partial charge < -0.3 is 4.74 Å². The van der Waals surface area contributed by atoms with Crippen LogP contribution >= 0.6 is 0 Å². The molecule has 0 N–H and O–H groups in total. The van der Waals surface area contributed by atoms with E-state index in [9.17, 15) is 0 Å². The zero-order chi connectivity index (χ0) is 38.0. The van der Waals surface area contributed by atoms with E-state index in [0.717, 1.165) is 44.5 Å². The van der Waals surface area contributed by atoms with Gasteiger partial charge in [0.05, 0.1) is 0 Å². The lowest BCUT2D eigenvalue weighted by Crippen LogP contribution is -2.42. The van der Waals surface area contributed by atoms with E-state index in [1.54, 1.807) is 0 Å². The summed E-state index contributed by atoms with van der Waals surface area (Å²) in [4.78, 5) is 0. The molecule has 6 aromatic carbocycles. The lowest BCUT2D eigenvalue weighted by molar-refractivity contribution is -0.00821. The van der Waals surface area contributed by atoms with Crippen molar-refractivity contribution in [2.24, 2.45) is 0 Å². The highest BCUT2D eigenvalue weighted by atomic mass is 16.5. The maximum atomic E-state index is 7.76. The molecule has 1 nitrogen and oxygen atoms in total. The minimum absolute atomic E-state index is 0.737. The highest BCUT2D eigenvalue weighted by Gasteiger charge is 2.39. The van der Waals surface area contributed by atoms with Gasteiger partial charge in [0.1, 0.15) is 11.2 Å². The fourth-order valence-electron chi connectivity index (χ4n) is 6.01. The predicted octanol–water partition coefficient (Wildman–Crippen LogP) is 13.9. The summed E-state index contributed by atoms with van der Waals surface area (Å²) in [5.74, 6) is 0. The first-order valence-corrected chi connectivity index (χ1v) is 18.5. The summed E-state index contributed by atoms with van der Waals surface area (Å²) in [6.45, 7) is 9.46. The summed E-state index contributed by atoms with van der Waals surface area (Å²) in [5, 5.41) is 0. The Morgan fingerprint density at radius 2 is 0.509 bits per heavy atom. The second-order valence-electron chi connectivity index (χ2n) is 13.2. The molecular weight excluding hydrogens is 665 g/mol. The van der Waals surface area contributed by atoms with Gasteiger partial charge >= 0.3 is 0 Å². The summed E-state index contributed by atoms with van der Waals surface area (Å²) in [6.07, 6.45) is 25.1. The summed E-state index contributed by atoms with van der Waals surface area (Å²) < 4.78 is 7.76. The molecule has 6 aromatic rings. The van der Waals surface area contributed by atoms with Crippen LogP contribution < -0.4 is 0 Å². The number of ether oxygens (including phenoxy) is 1. The molecule has 268 valence electrons. The van der Waals surface area contributed by atoms with Crippen LogP contribution in [0.15, 0.2) is 243 Å². The Kier molecular flexibility index (Phi) is 13.3. The molecule has 1 heteroatoms. The Morgan fingerprint density at radius 3 is 0.727 bits per heavy atom. The van der Waals surface area contributed by atoms with Crippen LogP contribution in [0, 0.1) is 0 Å². The van der Waals surface area contributed by atoms with E-state index in [4.69, 9.17) is 17.9 Å². The first-order valence-electron chi connectivity index (χ1n) is 18.5. The molecule has 0 aliphatic carbocycles. The van der Waals surface area contributed by atoms with E-state index in [1.807, 2.05) is 109 Å². The van der Waals surface area contributed by atoms with E-state index in [1.165, 1.54) is 0 Å². The van der Waals surface area contributed by atoms with Crippen LogP contribution in [0.3, 0.4) is 0 Å². The molecule has 0 radical (unpaired) electrons. The fourth-order valence-corrected chi connectivity index (χ4v) is 6.01. The highest BCUT2D eigenvalue weighted by Crippen LogP contribution is 2.39. The first-order chi connectivity index (χ1) is 27.0. The van der Waals surface area contributed by atoms with Crippen LogP contribution in [0.2, 0.25) is 0 Å². The molecule has 0 atom stereocenters. The second kappa shape index (κ2) is 19.3. The van der Waals surface area contributed by atoms with Crippen molar-refractivity contribution in [2.75, 3.05) is 0 Å². The smallest absolute Gasteiger partial charge is 0.132 e. The van der Waals surface area contributed by atoms with Gasteiger partial charge in [-0.25, -0.2) is 0 Å². The molecule has 0 bridgehead atoms. The Labute approximate surface area is 327 Å². The van der Waals surface area contributed by atoms with Gasteiger partial charge in [-0.05, 0) is 68.8 Å². The average Bonchev–Trinajstić information content (AvgIpc) is 3.26. The van der Waals surface area contributed by atoms with Crippen molar-refractivity contribution in [1.29, 1.82) is 0 Å². The predicted molar refractivity (Wildman–Crippen MR) is 238 cm³/mol. The normalized spacial score (nSPS) is 14.3. The Balaban J connectivity index is 1.60. The van der Waals surface area contributed by atoms with Gasteiger partial charge in [-0.2, -0.15) is 0 Å². The number of hydrogen-bond acceptors (Lipinski definition) is 1. The molecule has 0 saturated heterocycles. The van der Waals surface area contributed by atoms with E-state index >= 15 is 0 Å². The van der Waals surface area contributed by atoms with Crippen LogP contribution in [0.25, 0.3) is 36.5 Å². The molecule has 55 heavy (non-hydrogen) atoms. The molecule has 0 unspecified atom stereocenters. The molecule has 0 aliphatic heterocycles. The van der Waals surface area contributed by atoms with Gasteiger partial charge in [0.25, 0.3) is 0 Å². The molecule has 0 fully saturated rings. The van der Waals surface area contributed by atoms with Crippen LogP contribution in [0.4, 0.5) is 0 Å². The van der Waals surface area contributed by atoms with Crippen LogP contribution in [0.1, 0.15) is 33.4 Å². The Morgan fingerprint density at radius 1 is 0.309 bits per heavy atom. The van der Waals surface area contributed by atoms with Crippen molar-refractivity contribution in [1.82, 2.24) is 0 Å². The first kappa shape index (κ1) is 37.9. The second-order valence-corrected chi connectivity index (χ2v) is 13.2. The number of benzene rings is 6. The van der Waals surface area contributed by atoms with E-state index in [0.29, 0.717) is 0 Å². The van der Waals surface area contributed by atoms with Gasteiger partial charge in [0.15, 0.2) is 0 Å². The van der Waals surface area contributed by atoms with Gasteiger partial charge in [-0.1, -0.05) is 244 Å². The zero-order valence-corrected chi connectivity index (χ0v) is 31.1. The summed E-state index contributed by atoms with van der Waals surface area (Å²) in [5.41, 5.74) is 5.39. The molecule has 6 rings (SSSR count). The van der Waals surface area contributed by atoms with Gasteiger partial charge in [-0.15, -0.1) is 0 Å². The minimum atomic E-state index is -1.18. The van der Waals surface area contributed by atoms with Crippen molar-refractivity contribution in [3.8, 4) is 0 Å². The maximum absolute atomic E-state index is 7.76. The van der Waals surface area contributed by atoms with E-state index < -0.39 is 11.2 Å². The number of rotatable bonds is 16. The lowest BCUT2D eigenvalue weighted by Gasteiger charge is -2.40. The molecule has 0 heterocycles. The third kappa shape index (κ3) is 11.1. The van der Waals surface area contributed by atoms with Crippen molar-refractivity contribution in [2.45, 2.75) is 11.2 Å². The quantitative estimate of drug-likeness (QED) is 0.0909. The Hall–Kier alpha value is -6.80. The summed E-state index contributed by atoms with van der Waals surface area (Å²) in [7, 11) is 0. The van der Waals surface area contributed by atoms with Crippen molar-refractivity contribution in [3.63, 3.8) is 0 Å². The third-order valence-electron chi connectivity index (χ3n) is 9.19. The van der Waals surface area contributed by atoms with Gasteiger partial charge in [0.2, 0.25) is 0 Å². The Bertz CT molecular complexity index is 2010. The molecule has 0 aliphatic rings. The zero-order valence-electron chi connectivity index (χ0n) is 31.1.